The third-order valence-electron chi connectivity index (χ3n) is 3.97. The maximum Gasteiger partial charge on any atom is 0.342 e. The molecule has 0 atom stereocenters. The van der Waals surface area contributed by atoms with Gasteiger partial charge >= 0.3 is 6.03 Å². The number of carbonyl (C=O) groups is 1. The Morgan fingerprint density at radius 2 is 2.08 bits per heavy atom. The van der Waals surface area contributed by atoms with Gasteiger partial charge in [0, 0.05) is 16.6 Å². The summed E-state index contributed by atoms with van der Waals surface area (Å²) >= 11 is 5.94. The van der Waals surface area contributed by atoms with E-state index in [1.54, 1.807) is 12.1 Å². The molecule has 0 aliphatic heterocycles. The SMILES string of the molecule is Cc1nocc1-c1cc(-c2ccc(Cl)cc2)nn1C(=O)NC1CC1. The molecule has 1 aliphatic carbocycles. The van der Waals surface area contributed by atoms with E-state index in [-0.39, 0.29) is 12.1 Å². The Labute approximate surface area is 143 Å². The molecule has 2 aromatic heterocycles. The van der Waals surface area contributed by atoms with E-state index in [0.29, 0.717) is 22.1 Å². The number of rotatable bonds is 3. The Balaban J connectivity index is 1.79. The van der Waals surface area contributed by atoms with Crippen LogP contribution in [0.2, 0.25) is 5.02 Å². The van der Waals surface area contributed by atoms with Crippen molar-refractivity contribution < 1.29 is 9.32 Å². The molecule has 1 aliphatic rings. The molecule has 4 rings (SSSR count). The van der Waals surface area contributed by atoms with E-state index in [2.05, 4.69) is 15.6 Å². The van der Waals surface area contributed by atoms with E-state index in [1.165, 1.54) is 10.9 Å². The van der Waals surface area contributed by atoms with Crippen LogP contribution in [0.1, 0.15) is 18.5 Å². The zero-order valence-electron chi connectivity index (χ0n) is 13.0. The Bertz CT molecular complexity index is 894. The summed E-state index contributed by atoms with van der Waals surface area (Å²) in [6.45, 7) is 1.83. The molecule has 0 unspecified atom stereocenters. The Kier molecular flexibility index (Phi) is 3.61. The summed E-state index contributed by atoms with van der Waals surface area (Å²) in [7, 11) is 0. The van der Waals surface area contributed by atoms with Crippen LogP contribution < -0.4 is 5.32 Å². The molecule has 3 aromatic rings. The van der Waals surface area contributed by atoms with Crippen LogP contribution >= 0.6 is 11.6 Å². The van der Waals surface area contributed by atoms with E-state index in [0.717, 1.165) is 24.0 Å². The molecule has 2 heterocycles. The quantitative estimate of drug-likeness (QED) is 0.783. The third-order valence-corrected chi connectivity index (χ3v) is 4.22. The largest absolute Gasteiger partial charge is 0.364 e. The standard InChI is InChI=1S/C17H15ClN4O2/c1-10-14(9-24-21-10)16-8-15(11-2-4-12(18)5-3-11)20-22(16)17(23)19-13-6-7-13/h2-5,8-9,13H,6-7H2,1H3,(H,19,23). The van der Waals surface area contributed by atoms with Crippen LogP contribution in [0.15, 0.2) is 41.1 Å². The fourth-order valence-electron chi connectivity index (χ4n) is 2.49. The van der Waals surface area contributed by atoms with Gasteiger partial charge in [-0.05, 0) is 38.0 Å². The average Bonchev–Trinajstić information content (AvgIpc) is 3.10. The molecule has 0 radical (unpaired) electrons. The van der Waals surface area contributed by atoms with Crippen LogP contribution in [0.25, 0.3) is 22.5 Å². The number of hydrogen-bond donors (Lipinski definition) is 1. The molecule has 0 spiro atoms. The van der Waals surface area contributed by atoms with Crippen LogP contribution in [0.3, 0.4) is 0 Å². The number of nitrogens with zero attached hydrogens (tertiary/aromatic N) is 3. The molecule has 0 bridgehead atoms. The van der Waals surface area contributed by atoms with Gasteiger partial charge in [-0.15, -0.1) is 0 Å². The lowest BCUT2D eigenvalue weighted by Crippen LogP contribution is -2.31. The van der Waals surface area contributed by atoms with Gasteiger partial charge in [0.15, 0.2) is 0 Å². The molecule has 1 amide bonds. The van der Waals surface area contributed by atoms with Crippen molar-refractivity contribution in [3.8, 4) is 22.5 Å². The summed E-state index contributed by atoms with van der Waals surface area (Å²) in [5.41, 5.74) is 3.67. The van der Waals surface area contributed by atoms with Crippen LogP contribution in [-0.2, 0) is 0 Å². The number of aryl methyl sites for hydroxylation is 1. The molecular weight excluding hydrogens is 328 g/mol. The predicted molar refractivity (Wildman–Crippen MR) is 89.9 cm³/mol. The molecule has 1 aromatic carbocycles. The van der Waals surface area contributed by atoms with Crippen molar-refractivity contribution >= 4 is 17.6 Å². The third kappa shape index (κ3) is 2.80. The summed E-state index contributed by atoms with van der Waals surface area (Å²) in [5.74, 6) is 0. The molecule has 1 N–H and O–H groups in total. The van der Waals surface area contributed by atoms with Gasteiger partial charge in [0.2, 0.25) is 0 Å². The van der Waals surface area contributed by atoms with Gasteiger partial charge in [-0.1, -0.05) is 28.9 Å². The number of benzene rings is 1. The van der Waals surface area contributed by atoms with Crippen LogP contribution in [0, 0.1) is 6.92 Å². The first-order valence-corrected chi connectivity index (χ1v) is 8.08. The summed E-state index contributed by atoms with van der Waals surface area (Å²) in [4.78, 5) is 12.5. The Morgan fingerprint density at radius 3 is 2.71 bits per heavy atom. The smallest absolute Gasteiger partial charge is 0.342 e. The van der Waals surface area contributed by atoms with Gasteiger partial charge in [0.1, 0.15) is 6.26 Å². The first-order valence-electron chi connectivity index (χ1n) is 7.70. The molecule has 1 saturated carbocycles. The van der Waals surface area contributed by atoms with E-state index in [4.69, 9.17) is 16.1 Å². The highest BCUT2D eigenvalue weighted by molar-refractivity contribution is 6.30. The Hall–Kier alpha value is -2.60. The maximum absolute atomic E-state index is 12.5. The molecule has 24 heavy (non-hydrogen) atoms. The van der Waals surface area contributed by atoms with E-state index >= 15 is 0 Å². The fourth-order valence-corrected chi connectivity index (χ4v) is 2.62. The highest BCUT2D eigenvalue weighted by atomic mass is 35.5. The van der Waals surface area contributed by atoms with Gasteiger partial charge in [0.25, 0.3) is 0 Å². The zero-order valence-corrected chi connectivity index (χ0v) is 13.7. The van der Waals surface area contributed by atoms with Gasteiger partial charge in [0.05, 0.1) is 22.6 Å². The van der Waals surface area contributed by atoms with Gasteiger partial charge < -0.3 is 9.84 Å². The lowest BCUT2D eigenvalue weighted by molar-refractivity contribution is 0.239. The number of amides is 1. The second-order valence-electron chi connectivity index (χ2n) is 5.87. The van der Waals surface area contributed by atoms with E-state index < -0.39 is 0 Å². The number of aromatic nitrogens is 3. The van der Waals surface area contributed by atoms with Crippen molar-refractivity contribution in [2.75, 3.05) is 0 Å². The number of hydrogen-bond acceptors (Lipinski definition) is 4. The van der Waals surface area contributed by atoms with Crippen molar-refractivity contribution in [3.63, 3.8) is 0 Å². The minimum Gasteiger partial charge on any atom is -0.364 e. The van der Waals surface area contributed by atoms with Crippen molar-refractivity contribution in [2.24, 2.45) is 0 Å². The van der Waals surface area contributed by atoms with Crippen molar-refractivity contribution in [1.29, 1.82) is 0 Å². The predicted octanol–water partition coefficient (Wildman–Crippen LogP) is 3.89. The first-order chi connectivity index (χ1) is 11.6. The van der Waals surface area contributed by atoms with Gasteiger partial charge in [-0.25, -0.2) is 4.79 Å². The molecular formula is C17H15ClN4O2. The van der Waals surface area contributed by atoms with E-state index in [9.17, 15) is 4.79 Å². The van der Waals surface area contributed by atoms with Gasteiger partial charge in [-0.2, -0.15) is 9.78 Å². The van der Waals surface area contributed by atoms with Crippen molar-refractivity contribution in [2.45, 2.75) is 25.8 Å². The number of carbonyl (C=O) groups excluding carboxylic acids is 1. The van der Waals surface area contributed by atoms with Crippen LogP contribution in [0.5, 0.6) is 0 Å². The molecule has 6 nitrogen and oxygen atoms in total. The average molecular weight is 343 g/mol. The highest BCUT2D eigenvalue weighted by Crippen LogP contribution is 2.29. The number of nitrogens with one attached hydrogen (secondary N) is 1. The maximum atomic E-state index is 12.5. The summed E-state index contributed by atoms with van der Waals surface area (Å²) < 4.78 is 6.40. The summed E-state index contributed by atoms with van der Waals surface area (Å²) in [6, 6.07) is 9.20. The first kappa shape index (κ1) is 15.0. The van der Waals surface area contributed by atoms with Crippen molar-refractivity contribution in [3.05, 3.63) is 47.3 Å². The minimum atomic E-state index is -0.242. The second-order valence-corrected chi connectivity index (χ2v) is 6.31. The molecule has 1 fully saturated rings. The lowest BCUT2D eigenvalue weighted by Gasteiger charge is -2.06. The second kappa shape index (κ2) is 5.79. The fraction of sp³-hybridized carbons (Fsp3) is 0.235. The summed E-state index contributed by atoms with van der Waals surface area (Å²) in [5, 5.41) is 12.0. The van der Waals surface area contributed by atoms with Crippen molar-refractivity contribution in [1.82, 2.24) is 20.3 Å². The monoisotopic (exact) mass is 342 g/mol. The molecule has 0 saturated heterocycles. The van der Waals surface area contributed by atoms with Crippen LogP contribution in [-0.4, -0.2) is 27.0 Å². The highest BCUT2D eigenvalue weighted by Gasteiger charge is 2.26. The number of halogens is 1. The minimum absolute atomic E-state index is 0.242. The Morgan fingerprint density at radius 1 is 1.33 bits per heavy atom. The van der Waals surface area contributed by atoms with Gasteiger partial charge in [-0.3, -0.25) is 0 Å². The van der Waals surface area contributed by atoms with E-state index in [1.807, 2.05) is 25.1 Å². The molecule has 7 heteroatoms. The topological polar surface area (TPSA) is 73.0 Å². The zero-order chi connectivity index (χ0) is 16.7. The lowest BCUT2D eigenvalue weighted by atomic mass is 10.1. The molecule has 122 valence electrons. The summed E-state index contributed by atoms with van der Waals surface area (Å²) in [6.07, 6.45) is 3.55. The normalized spacial score (nSPS) is 13.9. The van der Waals surface area contributed by atoms with Crippen LogP contribution in [0.4, 0.5) is 4.79 Å².